The van der Waals surface area contributed by atoms with E-state index in [0.717, 1.165) is 12.1 Å². The van der Waals surface area contributed by atoms with Gasteiger partial charge in [-0.3, -0.25) is 4.90 Å². The third-order valence-corrected chi connectivity index (χ3v) is 4.91. The van der Waals surface area contributed by atoms with Crippen molar-refractivity contribution < 1.29 is 4.39 Å². The predicted octanol–water partition coefficient (Wildman–Crippen LogP) is 3.24. The van der Waals surface area contributed by atoms with Crippen LogP contribution in [0.1, 0.15) is 43.2 Å². The summed E-state index contributed by atoms with van der Waals surface area (Å²) in [6.45, 7) is 5.34. The fraction of sp³-hybridized carbons (Fsp3) is 0.647. The quantitative estimate of drug-likeness (QED) is 0.911. The number of nitrogens with one attached hydrogen (secondary N) is 1. The first-order chi connectivity index (χ1) is 9.74. The predicted molar refractivity (Wildman–Crippen MR) is 80.2 cm³/mol. The third-order valence-electron chi connectivity index (χ3n) is 4.91. The minimum absolute atomic E-state index is 0.126. The summed E-state index contributed by atoms with van der Waals surface area (Å²) in [5.41, 5.74) is 2.35. The van der Waals surface area contributed by atoms with Crippen LogP contribution in [-0.4, -0.2) is 30.1 Å². The molecule has 2 fully saturated rings. The van der Waals surface area contributed by atoms with Gasteiger partial charge in [0.2, 0.25) is 0 Å². The maximum atomic E-state index is 13.2. The van der Waals surface area contributed by atoms with Crippen LogP contribution in [-0.2, 0) is 6.54 Å². The Balaban J connectivity index is 1.72. The number of benzene rings is 1. The van der Waals surface area contributed by atoms with E-state index in [0.29, 0.717) is 12.1 Å². The van der Waals surface area contributed by atoms with Crippen molar-refractivity contribution in [3.63, 3.8) is 0 Å². The first-order valence-corrected chi connectivity index (χ1v) is 7.96. The lowest BCUT2D eigenvalue weighted by Gasteiger charge is -2.39. The van der Waals surface area contributed by atoms with E-state index >= 15 is 0 Å². The van der Waals surface area contributed by atoms with E-state index in [1.165, 1.54) is 50.8 Å². The summed E-state index contributed by atoms with van der Waals surface area (Å²) in [4.78, 5) is 2.62. The number of piperidine rings is 1. The summed E-state index contributed by atoms with van der Waals surface area (Å²) >= 11 is 0. The molecular formula is C17H25FN2. The lowest BCUT2D eigenvalue weighted by atomic mass is 9.93. The number of likely N-dealkylation sites (tertiary alicyclic amines) is 1. The summed E-state index contributed by atoms with van der Waals surface area (Å²) in [6, 6.07) is 6.53. The van der Waals surface area contributed by atoms with Gasteiger partial charge in [0.25, 0.3) is 0 Å². The second-order valence-corrected chi connectivity index (χ2v) is 6.31. The van der Waals surface area contributed by atoms with Gasteiger partial charge in [-0.25, -0.2) is 4.39 Å². The molecule has 2 saturated heterocycles. The van der Waals surface area contributed by atoms with E-state index in [2.05, 4.69) is 10.2 Å². The molecule has 1 aromatic carbocycles. The normalized spacial score (nSPS) is 27.9. The third kappa shape index (κ3) is 3.04. The SMILES string of the molecule is Cc1cc(F)ccc1CN1CCCCC1C1CCCN1. The van der Waals surface area contributed by atoms with Crippen LogP contribution in [0.2, 0.25) is 0 Å². The molecule has 0 aliphatic carbocycles. The lowest BCUT2D eigenvalue weighted by Crippen LogP contribution is -2.49. The van der Waals surface area contributed by atoms with Crippen LogP contribution < -0.4 is 5.32 Å². The highest BCUT2D eigenvalue weighted by molar-refractivity contribution is 5.26. The van der Waals surface area contributed by atoms with E-state index in [4.69, 9.17) is 0 Å². The van der Waals surface area contributed by atoms with Crippen molar-refractivity contribution in [1.82, 2.24) is 10.2 Å². The molecule has 0 bridgehead atoms. The molecule has 3 rings (SSSR count). The fourth-order valence-corrected chi connectivity index (χ4v) is 3.76. The molecule has 0 radical (unpaired) electrons. The van der Waals surface area contributed by atoms with Gasteiger partial charge in [-0.15, -0.1) is 0 Å². The smallest absolute Gasteiger partial charge is 0.123 e. The Labute approximate surface area is 121 Å². The highest BCUT2D eigenvalue weighted by Gasteiger charge is 2.31. The first kappa shape index (κ1) is 14.0. The van der Waals surface area contributed by atoms with Crippen LogP contribution in [0.15, 0.2) is 18.2 Å². The molecule has 2 unspecified atom stereocenters. The van der Waals surface area contributed by atoms with Crippen LogP contribution in [0, 0.1) is 12.7 Å². The zero-order valence-corrected chi connectivity index (χ0v) is 12.4. The number of hydrogen-bond acceptors (Lipinski definition) is 2. The van der Waals surface area contributed by atoms with Crippen molar-refractivity contribution in [3.05, 3.63) is 35.1 Å². The summed E-state index contributed by atoms with van der Waals surface area (Å²) in [7, 11) is 0. The molecule has 0 saturated carbocycles. The maximum Gasteiger partial charge on any atom is 0.123 e. The highest BCUT2D eigenvalue weighted by atomic mass is 19.1. The van der Waals surface area contributed by atoms with Crippen molar-refractivity contribution in [2.45, 2.75) is 57.7 Å². The average molecular weight is 276 g/mol. The molecule has 2 heterocycles. The summed E-state index contributed by atoms with van der Waals surface area (Å²) in [5, 5.41) is 3.66. The Morgan fingerprint density at radius 1 is 1.25 bits per heavy atom. The van der Waals surface area contributed by atoms with Crippen LogP contribution in [0.25, 0.3) is 0 Å². The topological polar surface area (TPSA) is 15.3 Å². The van der Waals surface area contributed by atoms with E-state index in [1.807, 2.05) is 13.0 Å². The molecule has 2 nitrogen and oxygen atoms in total. The molecular weight excluding hydrogens is 251 g/mol. The Morgan fingerprint density at radius 2 is 2.15 bits per heavy atom. The van der Waals surface area contributed by atoms with Crippen molar-refractivity contribution in [2.24, 2.45) is 0 Å². The zero-order valence-electron chi connectivity index (χ0n) is 12.4. The van der Waals surface area contributed by atoms with Gasteiger partial charge in [0.1, 0.15) is 5.82 Å². The molecule has 110 valence electrons. The molecule has 1 N–H and O–H groups in total. The number of hydrogen-bond donors (Lipinski definition) is 1. The number of aryl methyl sites for hydroxylation is 1. The van der Waals surface area contributed by atoms with Crippen molar-refractivity contribution in [3.8, 4) is 0 Å². The second-order valence-electron chi connectivity index (χ2n) is 6.31. The average Bonchev–Trinajstić information content (AvgIpc) is 2.96. The van der Waals surface area contributed by atoms with Crippen molar-refractivity contribution in [1.29, 1.82) is 0 Å². The molecule has 0 amide bonds. The van der Waals surface area contributed by atoms with E-state index in [9.17, 15) is 4.39 Å². The molecule has 0 aromatic heterocycles. The number of rotatable bonds is 3. The van der Waals surface area contributed by atoms with Gasteiger partial charge >= 0.3 is 0 Å². The molecule has 20 heavy (non-hydrogen) atoms. The molecule has 2 aliphatic rings. The second kappa shape index (κ2) is 6.23. The fourth-order valence-electron chi connectivity index (χ4n) is 3.76. The first-order valence-electron chi connectivity index (χ1n) is 7.96. The lowest BCUT2D eigenvalue weighted by molar-refractivity contribution is 0.112. The Hall–Kier alpha value is -0.930. The molecule has 0 spiro atoms. The Kier molecular flexibility index (Phi) is 4.37. The van der Waals surface area contributed by atoms with Crippen LogP contribution in [0.4, 0.5) is 4.39 Å². The zero-order chi connectivity index (χ0) is 13.9. The molecule has 3 heteroatoms. The summed E-state index contributed by atoms with van der Waals surface area (Å²) in [5.74, 6) is -0.126. The van der Waals surface area contributed by atoms with Crippen LogP contribution >= 0.6 is 0 Å². The maximum absolute atomic E-state index is 13.2. The minimum Gasteiger partial charge on any atom is -0.312 e. The van der Waals surface area contributed by atoms with Gasteiger partial charge in [-0.1, -0.05) is 12.5 Å². The van der Waals surface area contributed by atoms with Gasteiger partial charge in [0.15, 0.2) is 0 Å². The van der Waals surface area contributed by atoms with E-state index in [-0.39, 0.29) is 5.82 Å². The van der Waals surface area contributed by atoms with Gasteiger partial charge in [0.05, 0.1) is 0 Å². The van der Waals surface area contributed by atoms with Crippen molar-refractivity contribution in [2.75, 3.05) is 13.1 Å². The van der Waals surface area contributed by atoms with Crippen molar-refractivity contribution >= 4 is 0 Å². The van der Waals surface area contributed by atoms with Crippen LogP contribution in [0.5, 0.6) is 0 Å². The standard InChI is InChI=1S/C17H25FN2/c1-13-11-15(18)8-7-14(13)12-20-10-3-2-6-17(20)16-5-4-9-19-16/h7-8,11,16-17,19H,2-6,9-10,12H2,1H3. The number of halogens is 1. The number of nitrogens with zero attached hydrogens (tertiary/aromatic N) is 1. The van der Waals surface area contributed by atoms with Crippen LogP contribution in [0.3, 0.4) is 0 Å². The Morgan fingerprint density at radius 3 is 2.90 bits per heavy atom. The summed E-state index contributed by atoms with van der Waals surface area (Å²) < 4.78 is 13.2. The Bertz CT molecular complexity index is 454. The summed E-state index contributed by atoms with van der Waals surface area (Å²) in [6.07, 6.45) is 6.57. The van der Waals surface area contributed by atoms with Gasteiger partial charge in [-0.05, 0) is 69.0 Å². The highest BCUT2D eigenvalue weighted by Crippen LogP contribution is 2.26. The largest absolute Gasteiger partial charge is 0.312 e. The van der Waals surface area contributed by atoms with E-state index < -0.39 is 0 Å². The van der Waals surface area contributed by atoms with E-state index in [1.54, 1.807) is 12.1 Å². The monoisotopic (exact) mass is 276 g/mol. The molecule has 2 aliphatic heterocycles. The molecule has 1 aromatic rings. The molecule has 2 atom stereocenters. The minimum atomic E-state index is -0.126. The van der Waals surface area contributed by atoms with Gasteiger partial charge in [0, 0.05) is 18.6 Å². The van der Waals surface area contributed by atoms with Gasteiger partial charge < -0.3 is 5.32 Å². The van der Waals surface area contributed by atoms with Gasteiger partial charge in [-0.2, -0.15) is 0 Å².